The molecule has 0 saturated heterocycles. The average molecular weight is 309 g/mol. The lowest BCUT2D eigenvalue weighted by Crippen LogP contribution is -2.29. The van der Waals surface area contributed by atoms with Crippen molar-refractivity contribution in [2.75, 3.05) is 10.8 Å². The number of halogens is 1. The summed E-state index contributed by atoms with van der Waals surface area (Å²) in [7, 11) is -3.60. The summed E-state index contributed by atoms with van der Waals surface area (Å²) in [6.45, 7) is 0.459. The number of fused-ring (bicyclic) bond motifs is 1. The van der Waals surface area contributed by atoms with Crippen LogP contribution in [0.1, 0.15) is 11.1 Å². The van der Waals surface area contributed by atoms with E-state index in [0.29, 0.717) is 12.4 Å². The quantitative estimate of drug-likeness (QED) is 0.819. The van der Waals surface area contributed by atoms with Crippen LogP contribution in [0.5, 0.6) is 0 Å². The van der Waals surface area contributed by atoms with Crippen molar-refractivity contribution in [3.63, 3.8) is 0 Å². The van der Waals surface area contributed by atoms with Crippen molar-refractivity contribution >= 4 is 27.3 Å². The zero-order valence-corrected chi connectivity index (χ0v) is 12.2. The Morgan fingerprint density at radius 1 is 1.20 bits per heavy atom. The molecular formula is C14H13ClN2O2S. The number of pyridine rings is 1. The molecule has 0 amide bonds. The van der Waals surface area contributed by atoms with E-state index in [4.69, 9.17) is 11.6 Å². The van der Waals surface area contributed by atoms with Crippen LogP contribution in [-0.2, 0) is 22.3 Å². The SMILES string of the molecule is O=S(=O)(c1ccc(CCl)cn1)N1CCc2ccccc21. The van der Waals surface area contributed by atoms with Crippen LogP contribution in [0.2, 0.25) is 0 Å². The number of rotatable bonds is 3. The summed E-state index contributed by atoms with van der Waals surface area (Å²) in [6.07, 6.45) is 2.23. The third-order valence-corrected chi connectivity index (χ3v) is 5.39. The molecule has 0 unspecified atom stereocenters. The molecule has 0 bridgehead atoms. The highest BCUT2D eigenvalue weighted by Crippen LogP contribution is 2.32. The topological polar surface area (TPSA) is 50.3 Å². The Morgan fingerprint density at radius 2 is 2.00 bits per heavy atom. The Hall–Kier alpha value is -1.59. The van der Waals surface area contributed by atoms with Crippen molar-refractivity contribution in [1.29, 1.82) is 0 Å². The minimum Gasteiger partial charge on any atom is -0.264 e. The Balaban J connectivity index is 2.00. The van der Waals surface area contributed by atoms with E-state index in [1.807, 2.05) is 24.3 Å². The van der Waals surface area contributed by atoms with Crippen molar-refractivity contribution in [2.24, 2.45) is 0 Å². The number of benzene rings is 1. The monoisotopic (exact) mass is 308 g/mol. The molecule has 0 saturated carbocycles. The van der Waals surface area contributed by atoms with Gasteiger partial charge in [-0.05, 0) is 29.7 Å². The van der Waals surface area contributed by atoms with Gasteiger partial charge in [0.15, 0.2) is 5.03 Å². The van der Waals surface area contributed by atoms with Gasteiger partial charge in [-0.1, -0.05) is 24.3 Å². The molecule has 2 aromatic rings. The maximum absolute atomic E-state index is 12.6. The molecular weight excluding hydrogens is 296 g/mol. The van der Waals surface area contributed by atoms with Gasteiger partial charge in [-0.3, -0.25) is 4.31 Å². The maximum atomic E-state index is 12.6. The molecule has 1 aliphatic rings. The van der Waals surface area contributed by atoms with Crippen molar-refractivity contribution in [3.05, 3.63) is 53.7 Å². The van der Waals surface area contributed by atoms with Crippen molar-refractivity contribution < 1.29 is 8.42 Å². The first-order valence-electron chi connectivity index (χ1n) is 6.24. The van der Waals surface area contributed by atoms with Gasteiger partial charge >= 0.3 is 0 Å². The van der Waals surface area contributed by atoms with Crippen LogP contribution < -0.4 is 4.31 Å². The summed E-state index contributed by atoms with van der Waals surface area (Å²) in [4.78, 5) is 4.02. The molecule has 3 rings (SSSR count). The molecule has 1 aromatic heterocycles. The van der Waals surface area contributed by atoms with Crippen molar-refractivity contribution in [3.8, 4) is 0 Å². The van der Waals surface area contributed by atoms with Gasteiger partial charge in [-0.2, -0.15) is 8.42 Å². The molecule has 0 radical (unpaired) electrons. The Morgan fingerprint density at radius 3 is 2.70 bits per heavy atom. The van der Waals surface area contributed by atoms with Gasteiger partial charge in [0.2, 0.25) is 0 Å². The number of sulfonamides is 1. The summed E-state index contributed by atoms with van der Waals surface area (Å²) in [5.74, 6) is 0.319. The summed E-state index contributed by atoms with van der Waals surface area (Å²) in [5, 5.41) is 0.0584. The van der Waals surface area contributed by atoms with E-state index in [1.54, 1.807) is 6.07 Å². The second-order valence-electron chi connectivity index (χ2n) is 4.59. The fourth-order valence-electron chi connectivity index (χ4n) is 2.31. The van der Waals surface area contributed by atoms with Crippen LogP contribution in [0.25, 0.3) is 0 Å². The van der Waals surface area contributed by atoms with Gasteiger partial charge in [-0.25, -0.2) is 4.98 Å². The molecule has 6 heteroatoms. The number of hydrogen-bond acceptors (Lipinski definition) is 3. The summed E-state index contributed by atoms with van der Waals surface area (Å²) >= 11 is 5.69. The van der Waals surface area contributed by atoms with Gasteiger partial charge in [0, 0.05) is 18.6 Å². The lowest BCUT2D eigenvalue weighted by molar-refractivity contribution is 0.588. The van der Waals surface area contributed by atoms with E-state index < -0.39 is 10.0 Å². The molecule has 0 N–H and O–H groups in total. The number of para-hydroxylation sites is 1. The normalized spacial score (nSPS) is 14.3. The van der Waals surface area contributed by atoms with E-state index >= 15 is 0 Å². The van der Waals surface area contributed by atoms with Gasteiger partial charge in [-0.15, -0.1) is 11.6 Å². The van der Waals surface area contributed by atoms with Crippen molar-refractivity contribution in [2.45, 2.75) is 17.3 Å². The second kappa shape index (κ2) is 5.07. The molecule has 0 spiro atoms. The third-order valence-electron chi connectivity index (χ3n) is 3.35. The Bertz CT molecular complexity index is 729. The molecule has 20 heavy (non-hydrogen) atoms. The number of alkyl halides is 1. The van der Waals surface area contributed by atoms with E-state index in [0.717, 1.165) is 23.2 Å². The predicted molar refractivity (Wildman–Crippen MR) is 78.5 cm³/mol. The molecule has 0 fully saturated rings. The second-order valence-corrected chi connectivity index (χ2v) is 6.67. The number of hydrogen-bond donors (Lipinski definition) is 0. The predicted octanol–water partition coefficient (Wildman–Crippen LogP) is 2.57. The van der Waals surface area contributed by atoms with Crippen LogP contribution in [0.3, 0.4) is 0 Å². The first-order valence-corrected chi connectivity index (χ1v) is 8.22. The standard InChI is InChI=1S/C14H13ClN2O2S/c15-9-11-5-6-14(16-10-11)20(18,19)17-8-7-12-3-1-2-4-13(12)17/h1-6,10H,7-9H2. The molecule has 104 valence electrons. The van der Waals surface area contributed by atoms with E-state index in [2.05, 4.69) is 4.98 Å². The Labute approximate surface area is 123 Å². The lowest BCUT2D eigenvalue weighted by Gasteiger charge is -2.18. The molecule has 2 heterocycles. The van der Waals surface area contributed by atoms with E-state index in [9.17, 15) is 8.42 Å². The van der Waals surface area contributed by atoms with Gasteiger partial charge < -0.3 is 0 Å². The highest BCUT2D eigenvalue weighted by atomic mass is 35.5. The maximum Gasteiger partial charge on any atom is 0.281 e. The summed E-state index contributed by atoms with van der Waals surface area (Å²) < 4.78 is 26.7. The minimum absolute atomic E-state index is 0.0584. The van der Waals surface area contributed by atoms with Gasteiger partial charge in [0.05, 0.1) is 5.69 Å². The summed E-state index contributed by atoms with van der Waals surface area (Å²) in [5.41, 5.74) is 2.59. The van der Waals surface area contributed by atoms with Gasteiger partial charge in [0.25, 0.3) is 10.0 Å². The van der Waals surface area contributed by atoms with E-state index in [-0.39, 0.29) is 5.03 Å². The molecule has 0 aliphatic carbocycles. The number of anilines is 1. The fourth-order valence-corrected chi connectivity index (χ4v) is 3.89. The Kier molecular flexibility index (Phi) is 3.40. The van der Waals surface area contributed by atoms with E-state index in [1.165, 1.54) is 16.6 Å². The van der Waals surface area contributed by atoms with Crippen molar-refractivity contribution in [1.82, 2.24) is 4.98 Å². The molecule has 1 aliphatic heterocycles. The zero-order valence-electron chi connectivity index (χ0n) is 10.7. The number of nitrogens with zero attached hydrogens (tertiary/aromatic N) is 2. The van der Waals surface area contributed by atoms with Crippen LogP contribution in [0, 0.1) is 0 Å². The minimum atomic E-state index is -3.60. The van der Waals surface area contributed by atoms with Gasteiger partial charge in [0.1, 0.15) is 0 Å². The average Bonchev–Trinajstić information content (AvgIpc) is 2.92. The van der Waals surface area contributed by atoms with Crippen LogP contribution in [0.4, 0.5) is 5.69 Å². The fraction of sp³-hybridized carbons (Fsp3) is 0.214. The lowest BCUT2D eigenvalue weighted by atomic mass is 10.2. The molecule has 1 aromatic carbocycles. The van der Waals surface area contributed by atoms with Crippen LogP contribution >= 0.6 is 11.6 Å². The molecule has 0 atom stereocenters. The van der Waals surface area contributed by atoms with Crippen LogP contribution in [0.15, 0.2) is 47.6 Å². The first-order chi connectivity index (χ1) is 9.63. The molecule has 4 nitrogen and oxygen atoms in total. The largest absolute Gasteiger partial charge is 0.281 e. The smallest absolute Gasteiger partial charge is 0.264 e. The third kappa shape index (κ3) is 2.17. The first kappa shape index (κ1) is 13.4. The number of aromatic nitrogens is 1. The highest BCUT2D eigenvalue weighted by molar-refractivity contribution is 7.92. The summed E-state index contributed by atoms with van der Waals surface area (Å²) in [6, 6.07) is 10.7. The van der Waals surface area contributed by atoms with Crippen LogP contribution in [-0.4, -0.2) is 19.9 Å². The zero-order chi connectivity index (χ0) is 14.2. The highest BCUT2D eigenvalue weighted by Gasteiger charge is 2.31.